The van der Waals surface area contributed by atoms with Gasteiger partial charge < -0.3 is 15.0 Å². The molecule has 0 aliphatic rings. The van der Waals surface area contributed by atoms with Crippen molar-refractivity contribution in [1.29, 1.82) is 0 Å². The minimum absolute atomic E-state index is 0.140. The summed E-state index contributed by atoms with van der Waals surface area (Å²) < 4.78 is 5.72. The third-order valence-electron chi connectivity index (χ3n) is 3.71. The lowest BCUT2D eigenvalue weighted by molar-refractivity contribution is 0.0780. The third kappa shape index (κ3) is 5.14. The van der Waals surface area contributed by atoms with Crippen LogP contribution in [0, 0.1) is 0 Å². The summed E-state index contributed by atoms with van der Waals surface area (Å²) in [4.78, 5) is 26.8. The summed E-state index contributed by atoms with van der Waals surface area (Å²) in [6.45, 7) is 1.18. The van der Waals surface area contributed by atoms with E-state index in [-0.39, 0.29) is 11.8 Å². The molecular formula is C19H21BrN2O3. The Hall–Kier alpha value is -2.18. The van der Waals surface area contributed by atoms with Gasteiger partial charge in [-0.05, 0) is 46.6 Å². The molecule has 0 fully saturated rings. The molecule has 2 aromatic carbocycles. The van der Waals surface area contributed by atoms with E-state index in [2.05, 4.69) is 21.2 Å². The van der Waals surface area contributed by atoms with Gasteiger partial charge in [0.25, 0.3) is 11.8 Å². The molecule has 0 atom stereocenters. The first kappa shape index (κ1) is 19.1. The van der Waals surface area contributed by atoms with Gasteiger partial charge in [0.05, 0.1) is 16.8 Å². The first-order chi connectivity index (χ1) is 12.0. The van der Waals surface area contributed by atoms with Crippen LogP contribution >= 0.6 is 15.9 Å². The Labute approximate surface area is 156 Å². The molecule has 25 heavy (non-hydrogen) atoms. The van der Waals surface area contributed by atoms with Crippen LogP contribution in [-0.4, -0.2) is 44.0 Å². The zero-order valence-corrected chi connectivity index (χ0v) is 15.9. The van der Waals surface area contributed by atoms with Crippen molar-refractivity contribution >= 4 is 33.4 Å². The van der Waals surface area contributed by atoms with Gasteiger partial charge in [-0.25, -0.2) is 0 Å². The van der Waals surface area contributed by atoms with E-state index in [0.717, 1.165) is 6.42 Å². The second kappa shape index (κ2) is 9.34. The molecule has 5 nitrogen and oxygen atoms in total. The molecule has 0 aliphatic heterocycles. The SMILES string of the molecule is COCCCN(C)C(=O)c1ccccc1NC(=O)c1ccccc1Br. The molecule has 6 heteroatoms. The van der Waals surface area contributed by atoms with E-state index in [1.165, 1.54) is 0 Å². The van der Waals surface area contributed by atoms with Gasteiger partial charge in [-0.3, -0.25) is 9.59 Å². The van der Waals surface area contributed by atoms with E-state index in [0.29, 0.717) is 34.4 Å². The summed E-state index contributed by atoms with van der Waals surface area (Å²) in [5, 5.41) is 2.83. The molecule has 2 amide bonds. The van der Waals surface area contributed by atoms with E-state index < -0.39 is 0 Å². The predicted molar refractivity (Wildman–Crippen MR) is 102 cm³/mol. The average Bonchev–Trinajstić information content (AvgIpc) is 2.62. The molecule has 2 aromatic rings. The van der Waals surface area contributed by atoms with Crippen LogP contribution in [0.5, 0.6) is 0 Å². The normalized spacial score (nSPS) is 10.4. The van der Waals surface area contributed by atoms with E-state index in [9.17, 15) is 9.59 Å². The zero-order chi connectivity index (χ0) is 18.2. The van der Waals surface area contributed by atoms with Crippen LogP contribution in [0.15, 0.2) is 53.0 Å². The van der Waals surface area contributed by atoms with Gasteiger partial charge in [-0.1, -0.05) is 24.3 Å². The number of carbonyl (C=O) groups is 2. The van der Waals surface area contributed by atoms with E-state index in [1.54, 1.807) is 61.5 Å². The fraction of sp³-hybridized carbons (Fsp3) is 0.263. The van der Waals surface area contributed by atoms with Crippen molar-refractivity contribution in [2.45, 2.75) is 6.42 Å². The second-order valence-corrected chi connectivity index (χ2v) is 6.41. The smallest absolute Gasteiger partial charge is 0.256 e. The highest BCUT2D eigenvalue weighted by Gasteiger charge is 2.18. The highest BCUT2D eigenvalue weighted by atomic mass is 79.9. The Bertz CT molecular complexity index is 749. The number of hydrogen-bond donors (Lipinski definition) is 1. The van der Waals surface area contributed by atoms with Crippen LogP contribution in [0.2, 0.25) is 0 Å². The van der Waals surface area contributed by atoms with E-state index in [1.807, 2.05) is 6.07 Å². The molecule has 0 aromatic heterocycles. The number of nitrogens with zero attached hydrogens (tertiary/aromatic N) is 1. The predicted octanol–water partition coefficient (Wildman–Crippen LogP) is 3.81. The molecule has 132 valence electrons. The van der Waals surface area contributed by atoms with Gasteiger partial charge in [-0.15, -0.1) is 0 Å². The van der Waals surface area contributed by atoms with Crippen molar-refractivity contribution in [3.8, 4) is 0 Å². The van der Waals surface area contributed by atoms with Crippen LogP contribution in [0.25, 0.3) is 0 Å². The summed E-state index contributed by atoms with van der Waals surface area (Å²) >= 11 is 3.37. The van der Waals surface area contributed by atoms with Gasteiger partial charge >= 0.3 is 0 Å². The van der Waals surface area contributed by atoms with Crippen LogP contribution < -0.4 is 5.32 Å². The van der Waals surface area contributed by atoms with Crippen molar-refractivity contribution in [3.63, 3.8) is 0 Å². The molecule has 0 heterocycles. The zero-order valence-electron chi connectivity index (χ0n) is 14.3. The lowest BCUT2D eigenvalue weighted by Crippen LogP contribution is -2.29. The Morgan fingerprint density at radius 1 is 1.08 bits per heavy atom. The van der Waals surface area contributed by atoms with Crippen LogP contribution in [0.4, 0.5) is 5.69 Å². The Kier molecular flexibility index (Phi) is 7.16. The first-order valence-corrected chi connectivity index (χ1v) is 8.73. The number of hydrogen-bond acceptors (Lipinski definition) is 3. The fourth-order valence-corrected chi connectivity index (χ4v) is 2.83. The monoisotopic (exact) mass is 404 g/mol. The maximum atomic E-state index is 12.7. The molecule has 0 radical (unpaired) electrons. The summed E-state index contributed by atoms with van der Waals surface area (Å²) in [7, 11) is 3.37. The number of ether oxygens (including phenoxy) is 1. The largest absolute Gasteiger partial charge is 0.385 e. The van der Waals surface area contributed by atoms with Crippen molar-refractivity contribution in [3.05, 3.63) is 64.1 Å². The molecule has 0 unspecified atom stereocenters. The summed E-state index contributed by atoms with van der Waals surface area (Å²) in [5.41, 5.74) is 1.47. The number of nitrogens with one attached hydrogen (secondary N) is 1. The lowest BCUT2D eigenvalue weighted by Gasteiger charge is -2.19. The number of amides is 2. The molecule has 0 saturated heterocycles. The lowest BCUT2D eigenvalue weighted by atomic mass is 10.1. The number of rotatable bonds is 7. The molecular weight excluding hydrogens is 384 g/mol. The van der Waals surface area contributed by atoms with Crippen molar-refractivity contribution in [2.24, 2.45) is 0 Å². The van der Waals surface area contributed by atoms with Crippen molar-refractivity contribution in [1.82, 2.24) is 4.90 Å². The summed E-state index contributed by atoms with van der Waals surface area (Å²) in [6.07, 6.45) is 0.754. The topological polar surface area (TPSA) is 58.6 Å². The minimum atomic E-state index is -0.269. The van der Waals surface area contributed by atoms with Crippen LogP contribution in [0.1, 0.15) is 27.1 Å². The maximum absolute atomic E-state index is 12.7. The standard InChI is InChI=1S/C19H21BrN2O3/c1-22(12-7-13-25-2)19(24)15-9-4-6-11-17(15)21-18(23)14-8-3-5-10-16(14)20/h3-6,8-11H,7,12-13H2,1-2H3,(H,21,23). The highest BCUT2D eigenvalue weighted by molar-refractivity contribution is 9.10. The fourth-order valence-electron chi connectivity index (χ4n) is 2.37. The van der Waals surface area contributed by atoms with Crippen molar-refractivity contribution < 1.29 is 14.3 Å². The van der Waals surface area contributed by atoms with E-state index in [4.69, 9.17) is 4.74 Å². The highest BCUT2D eigenvalue weighted by Crippen LogP contribution is 2.21. The molecule has 0 spiro atoms. The summed E-state index contributed by atoms with van der Waals surface area (Å²) in [5.74, 6) is -0.408. The number of benzene rings is 2. The Balaban J connectivity index is 2.16. The Morgan fingerprint density at radius 3 is 2.40 bits per heavy atom. The van der Waals surface area contributed by atoms with Crippen LogP contribution in [-0.2, 0) is 4.74 Å². The van der Waals surface area contributed by atoms with Crippen LogP contribution in [0.3, 0.4) is 0 Å². The Morgan fingerprint density at radius 2 is 1.72 bits per heavy atom. The van der Waals surface area contributed by atoms with Gasteiger partial charge in [0.15, 0.2) is 0 Å². The number of methoxy groups -OCH3 is 1. The minimum Gasteiger partial charge on any atom is -0.385 e. The maximum Gasteiger partial charge on any atom is 0.256 e. The first-order valence-electron chi connectivity index (χ1n) is 7.94. The molecule has 0 aliphatic carbocycles. The van der Waals surface area contributed by atoms with Gasteiger partial charge in [-0.2, -0.15) is 0 Å². The van der Waals surface area contributed by atoms with Gasteiger partial charge in [0, 0.05) is 31.8 Å². The molecule has 0 bridgehead atoms. The average molecular weight is 405 g/mol. The van der Waals surface area contributed by atoms with E-state index >= 15 is 0 Å². The number of halogens is 1. The van der Waals surface area contributed by atoms with Gasteiger partial charge in [0.2, 0.25) is 0 Å². The third-order valence-corrected chi connectivity index (χ3v) is 4.40. The number of para-hydroxylation sites is 1. The summed E-state index contributed by atoms with van der Waals surface area (Å²) in [6, 6.07) is 14.2. The van der Waals surface area contributed by atoms with Crippen molar-refractivity contribution in [2.75, 3.05) is 32.6 Å². The number of carbonyl (C=O) groups excluding carboxylic acids is 2. The molecule has 0 saturated carbocycles. The number of anilines is 1. The quantitative estimate of drug-likeness (QED) is 0.713. The van der Waals surface area contributed by atoms with Gasteiger partial charge in [0.1, 0.15) is 0 Å². The second-order valence-electron chi connectivity index (χ2n) is 5.55. The molecule has 1 N–H and O–H groups in total. The molecule has 2 rings (SSSR count).